The van der Waals surface area contributed by atoms with Crippen LogP contribution in [0.1, 0.15) is 18.4 Å². The Morgan fingerprint density at radius 1 is 1.29 bits per heavy atom. The number of aliphatic hydroxyl groups is 1. The molecule has 0 radical (unpaired) electrons. The van der Waals surface area contributed by atoms with Crippen molar-refractivity contribution in [2.45, 2.75) is 25.5 Å². The number of ether oxygens (including phenoxy) is 1. The van der Waals surface area contributed by atoms with Gasteiger partial charge < -0.3 is 20.1 Å². The topological polar surface area (TPSA) is 73.4 Å². The molecule has 6 heteroatoms. The smallest absolute Gasteiger partial charge is 0.118 e. The highest BCUT2D eigenvalue weighted by atomic mass is 16.5. The number of nitrogens with one attached hydrogen (secondary N) is 2. The van der Waals surface area contributed by atoms with Gasteiger partial charge in [0.15, 0.2) is 0 Å². The van der Waals surface area contributed by atoms with Crippen LogP contribution in [0.25, 0.3) is 11.3 Å². The molecule has 0 saturated carbocycles. The second-order valence-electron chi connectivity index (χ2n) is 6.29. The number of β-amino-alcohol motifs (C(OH)–C–C–N with tert-alkyl or cyclic N) is 1. The van der Waals surface area contributed by atoms with E-state index in [4.69, 9.17) is 4.74 Å². The highest BCUT2D eigenvalue weighted by Crippen LogP contribution is 2.23. The van der Waals surface area contributed by atoms with Crippen LogP contribution in [0, 0.1) is 0 Å². The summed E-state index contributed by atoms with van der Waals surface area (Å²) >= 11 is 0. The number of aromatic nitrogens is 2. The van der Waals surface area contributed by atoms with Gasteiger partial charge in [-0.25, -0.2) is 0 Å². The number of aliphatic hydroxyl groups excluding tert-OH is 1. The first kappa shape index (κ1) is 17.0. The van der Waals surface area contributed by atoms with Gasteiger partial charge in [0.1, 0.15) is 5.75 Å². The van der Waals surface area contributed by atoms with Gasteiger partial charge in [0.25, 0.3) is 0 Å². The average Bonchev–Trinajstić information content (AvgIpc) is 3.27. The predicted octanol–water partition coefficient (Wildman–Crippen LogP) is 1.63. The van der Waals surface area contributed by atoms with Gasteiger partial charge in [-0.15, -0.1) is 0 Å². The van der Waals surface area contributed by atoms with Gasteiger partial charge in [0.2, 0.25) is 0 Å². The van der Waals surface area contributed by atoms with E-state index in [2.05, 4.69) is 20.4 Å². The number of hydrogen-bond acceptors (Lipinski definition) is 5. The molecule has 1 aliphatic rings. The number of rotatable bonds is 8. The van der Waals surface area contributed by atoms with Crippen molar-refractivity contribution < 1.29 is 9.84 Å². The van der Waals surface area contributed by atoms with E-state index in [1.54, 1.807) is 7.11 Å². The lowest BCUT2D eigenvalue weighted by atomic mass is 10.1. The summed E-state index contributed by atoms with van der Waals surface area (Å²) in [6.45, 7) is 4.24. The van der Waals surface area contributed by atoms with Gasteiger partial charge in [-0.05, 0) is 50.2 Å². The zero-order chi connectivity index (χ0) is 16.8. The number of nitrogens with zero attached hydrogens (tertiary/aromatic N) is 2. The quantitative estimate of drug-likeness (QED) is 0.686. The van der Waals surface area contributed by atoms with E-state index >= 15 is 0 Å². The molecule has 3 N–H and O–H groups in total. The molecular weight excluding hydrogens is 304 g/mol. The number of hydrogen-bond donors (Lipinski definition) is 3. The molecule has 0 bridgehead atoms. The van der Waals surface area contributed by atoms with Gasteiger partial charge >= 0.3 is 0 Å². The summed E-state index contributed by atoms with van der Waals surface area (Å²) in [4.78, 5) is 2.33. The lowest BCUT2D eigenvalue weighted by Gasteiger charge is -2.19. The molecular formula is C18H26N4O2. The van der Waals surface area contributed by atoms with E-state index in [0.717, 1.165) is 42.2 Å². The highest BCUT2D eigenvalue weighted by Gasteiger charge is 2.15. The molecule has 6 nitrogen and oxygen atoms in total. The fourth-order valence-electron chi connectivity index (χ4n) is 3.15. The van der Waals surface area contributed by atoms with Crippen LogP contribution in [0.15, 0.2) is 30.5 Å². The van der Waals surface area contributed by atoms with Crippen molar-refractivity contribution in [3.05, 3.63) is 36.0 Å². The van der Waals surface area contributed by atoms with Gasteiger partial charge in [-0.3, -0.25) is 5.10 Å². The second kappa shape index (κ2) is 8.28. The summed E-state index contributed by atoms with van der Waals surface area (Å²) in [5, 5.41) is 20.7. The molecule has 0 spiro atoms. The van der Waals surface area contributed by atoms with E-state index in [9.17, 15) is 5.11 Å². The van der Waals surface area contributed by atoms with Crippen LogP contribution >= 0.6 is 0 Å². The van der Waals surface area contributed by atoms with Crippen LogP contribution in [0.5, 0.6) is 5.75 Å². The Balaban J connectivity index is 1.51. The molecule has 1 aromatic heterocycles. The first-order chi connectivity index (χ1) is 11.8. The van der Waals surface area contributed by atoms with Crippen LogP contribution in [-0.2, 0) is 6.54 Å². The molecule has 130 valence electrons. The Kier molecular flexibility index (Phi) is 5.85. The monoisotopic (exact) mass is 330 g/mol. The maximum absolute atomic E-state index is 10.1. The molecule has 2 aromatic rings. The number of aromatic amines is 1. The second-order valence-corrected chi connectivity index (χ2v) is 6.29. The van der Waals surface area contributed by atoms with E-state index in [-0.39, 0.29) is 6.10 Å². The minimum Gasteiger partial charge on any atom is -0.497 e. The van der Waals surface area contributed by atoms with Crippen LogP contribution in [0.2, 0.25) is 0 Å². The third kappa shape index (κ3) is 4.35. The van der Waals surface area contributed by atoms with Crippen LogP contribution < -0.4 is 10.1 Å². The molecule has 3 rings (SSSR count). The molecule has 1 atom stereocenters. The van der Waals surface area contributed by atoms with Crippen molar-refractivity contribution in [3.63, 3.8) is 0 Å². The molecule has 1 unspecified atom stereocenters. The van der Waals surface area contributed by atoms with Crippen LogP contribution in [0.4, 0.5) is 0 Å². The Morgan fingerprint density at radius 3 is 2.75 bits per heavy atom. The standard InChI is InChI=1S/C18H26N4O2/c1-24-17-6-4-14(5-7-17)18-15(11-20-21-18)10-19-12-16(23)13-22-8-2-3-9-22/h4-7,11,16,19,23H,2-3,8-10,12-13H2,1H3,(H,20,21). The van der Waals surface area contributed by atoms with Crippen molar-refractivity contribution in [1.82, 2.24) is 20.4 Å². The van der Waals surface area contributed by atoms with E-state index in [0.29, 0.717) is 13.1 Å². The lowest BCUT2D eigenvalue weighted by molar-refractivity contribution is 0.123. The molecule has 1 fully saturated rings. The van der Waals surface area contributed by atoms with Gasteiger partial charge in [-0.1, -0.05) is 0 Å². The molecule has 24 heavy (non-hydrogen) atoms. The maximum atomic E-state index is 10.1. The third-order valence-electron chi connectivity index (χ3n) is 4.46. The minimum absolute atomic E-state index is 0.334. The summed E-state index contributed by atoms with van der Waals surface area (Å²) in [6.07, 6.45) is 4.00. The van der Waals surface area contributed by atoms with Crippen molar-refractivity contribution in [1.29, 1.82) is 0 Å². The van der Waals surface area contributed by atoms with Gasteiger partial charge in [0.05, 0.1) is 25.1 Å². The van der Waals surface area contributed by atoms with Crippen molar-refractivity contribution in [2.75, 3.05) is 33.3 Å². The largest absolute Gasteiger partial charge is 0.497 e. The fourth-order valence-corrected chi connectivity index (χ4v) is 3.15. The first-order valence-corrected chi connectivity index (χ1v) is 8.54. The van der Waals surface area contributed by atoms with E-state index in [1.165, 1.54) is 12.8 Å². The van der Waals surface area contributed by atoms with Gasteiger partial charge in [-0.2, -0.15) is 5.10 Å². The number of H-pyrrole nitrogens is 1. The first-order valence-electron chi connectivity index (χ1n) is 8.54. The SMILES string of the molecule is COc1ccc(-c2[nH]ncc2CNCC(O)CN2CCCC2)cc1. The zero-order valence-corrected chi connectivity index (χ0v) is 14.2. The normalized spacial score (nSPS) is 16.4. The third-order valence-corrected chi connectivity index (χ3v) is 4.46. The lowest BCUT2D eigenvalue weighted by Crippen LogP contribution is -2.36. The summed E-state index contributed by atoms with van der Waals surface area (Å²) in [6, 6.07) is 7.90. The van der Waals surface area contributed by atoms with Crippen molar-refractivity contribution in [3.8, 4) is 17.0 Å². The molecule has 1 saturated heterocycles. The highest BCUT2D eigenvalue weighted by molar-refractivity contribution is 5.63. The summed E-state index contributed by atoms with van der Waals surface area (Å²) in [5.41, 5.74) is 3.16. The Hall–Kier alpha value is -1.89. The molecule has 0 amide bonds. The molecule has 1 aliphatic heterocycles. The zero-order valence-electron chi connectivity index (χ0n) is 14.2. The predicted molar refractivity (Wildman–Crippen MR) is 94.0 cm³/mol. The molecule has 2 heterocycles. The summed E-state index contributed by atoms with van der Waals surface area (Å²) < 4.78 is 5.19. The van der Waals surface area contributed by atoms with E-state index in [1.807, 2.05) is 30.5 Å². The molecule has 0 aliphatic carbocycles. The average molecular weight is 330 g/mol. The minimum atomic E-state index is -0.334. The van der Waals surface area contributed by atoms with Crippen LogP contribution in [-0.4, -0.2) is 59.6 Å². The van der Waals surface area contributed by atoms with Gasteiger partial charge in [0, 0.05) is 30.8 Å². The number of methoxy groups -OCH3 is 1. The summed E-state index contributed by atoms with van der Waals surface area (Å²) in [5.74, 6) is 0.836. The van der Waals surface area contributed by atoms with E-state index < -0.39 is 0 Å². The number of benzene rings is 1. The van der Waals surface area contributed by atoms with Crippen molar-refractivity contribution in [2.24, 2.45) is 0 Å². The fraction of sp³-hybridized carbons (Fsp3) is 0.500. The molecule has 1 aromatic carbocycles. The van der Waals surface area contributed by atoms with Crippen LogP contribution in [0.3, 0.4) is 0 Å². The van der Waals surface area contributed by atoms with Crippen molar-refractivity contribution >= 4 is 0 Å². The Bertz CT molecular complexity index is 620. The number of likely N-dealkylation sites (tertiary alicyclic amines) is 1. The Labute approximate surface area is 142 Å². The maximum Gasteiger partial charge on any atom is 0.118 e. The Morgan fingerprint density at radius 2 is 2.04 bits per heavy atom. The summed E-state index contributed by atoms with van der Waals surface area (Å²) in [7, 11) is 1.66.